The van der Waals surface area contributed by atoms with Crippen molar-refractivity contribution in [2.24, 2.45) is 0 Å². The quantitative estimate of drug-likeness (QED) is 0.829. The zero-order valence-electron chi connectivity index (χ0n) is 11.9. The van der Waals surface area contributed by atoms with Crippen molar-refractivity contribution in [1.82, 2.24) is 15.0 Å². The van der Waals surface area contributed by atoms with Crippen molar-refractivity contribution >= 4 is 23.5 Å². The van der Waals surface area contributed by atoms with Crippen molar-refractivity contribution in [3.63, 3.8) is 0 Å². The first-order valence-corrected chi connectivity index (χ1v) is 7.29. The Morgan fingerprint density at radius 1 is 1.30 bits per heavy atom. The van der Waals surface area contributed by atoms with Crippen molar-refractivity contribution in [1.29, 1.82) is 5.26 Å². The lowest BCUT2D eigenvalue weighted by Gasteiger charge is -2.26. The summed E-state index contributed by atoms with van der Waals surface area (Å²) in [5, 5.41) is 8.97. The molecule has 0 aliphatic carbocycles. The minimum Gasteiger partial charge on any atom is -0.341 e. The highest BCUT2D eigenvalue weighted by atomic mass is 35.5. The molecule has 2 rings (SSSR count). The minimum atomic E-state index is 0.202. The van der Waals surface area contributed by atoms with E-state index in [1.165, 1.54) is 0 Å². The van der Waals surface area contributed by atoms with Crippen molar-refractivity contribution in [3.05, 3.63) is 5.28 Å². The van der Waals surface area contributed by atoms with E-state index in [1.807, 2.05) is 18.7 Å². The fourth-order valence-corrected chi connectivity index (χ4v) is 2.43. The Morgan fingerprint density at radius 3 is 2.60 bits per heavy atom. The third-order valence-corrected chi connectivity index (χ3v) is 3.49. The lowest BCUT2D eigenvalue weighted by atomic mass is 10.3. The van der Waals surface area contributed by atoms with Crippen molar-refractivity contribution in [3.8, 4) is 6.07 Å². The molecule has 1 aromatic rings. The van der Waals surface area contributed by atoms with Crippen LogP contribution in [0.3, 0.4) is 0 Å². The summed E-state index contributed by atoms with van der Waals surface area (Å²) in [6.45, 7) is 6.60. The summed E-state index contributed by atoms with van der Waals surface area (Å²) in [5.41, 5.74) is 0. The Balaban J connectivity index is 2.27. The number of hydrogen-bond acceptors (Lipinski definition) is 6. The number of nitrogens with zero attached hydrogens (tertiary/aromatic N) is 6. The average molecular weight is 295 g/mol. The maximum atomic E-state index is 8.76. The normalized spacial score (nSPS) is 14.7. The molecule has 1 fully saturated rings. The zero-order chi connectivity index (χ0) is 14.5. The van der Waals surface area contributed by atoms with Crippen molar-refractivity contribution in [2.45, 2.75) is 39.2 Å². The fraction of sp³-hybridized carbons (Fsp3) is 0.692. The van der Waals surface area contributed by atoms with Gasteiger partial charge in [-0.15, -0.1) is 0 Å². The van der Waals surface area contributed by atoms with Gasteiger partial charge in [0.05, 0.1) is 12.5 Å². The molecule has 1 saturated heterocycles. The molecule has 0 unspecified atom stereocenters. The Bertz CT molecular complexity index is 492. The first-order valence-electron chi connectivity index (χ1n) is 6.92. The Labute approximate surface area is 124 Å². The van der Waals surface area contributed by atoms with E-state index in [0.29, 0.717) is 24.9 Å². The van der Waals surface area contributed by atoms with E-state index in [2.05, 4.69) is 25.9 Å². The molecule has 20 heavy (non-hydrogen) atoms. The highest BCUT2D eigenvalue weighted by Gasteiger charge is 2.20. The maximum absolute atomic E-state index is 8.76. The zero-order valence-corrected chi connectivity index (χ0v) is 12.6. The van der Waals surface area contributed by atoms with E-state index in [9.17, 15) is 0 Å². The van der Waals surface area contributed by atoms with Crippen LogP contribution in [0.5, 0.6) is 0 Å². The molecule has 2 heterocycles. The van der Waals surface area contributed by atoms with Crippen molar-refractivity contribution in [2.75, 3.05) is 29.4 Å². The molecule has 0 amide bonds. The standard InChI is InChI=1S/C13H19ClN6/c1-10(2)20(9-5-6-15)13-17-11(14)16-12(18-13)19-7-3-4-8-19/h10H,3-5,7-9H2,1-2H3. The minimum absolute atomic E-state index is 0.202. The molecule has 7 heteroatoms. The Morgan fingerprint density at radius 2 is 2.00 bits per heavy atom. The monoisotopic (exact) mass is 294 g/mol. The van der Waals surface area contributed by atoms with Gasteiger partial charge in [0, 0.05) is 25.7 Å². The van der Waals surface area contributed by atoms with Crippen molar-refractivity contribution < 1.29 is 0 Å². The van der Waals surface area contributed by atoms with Gasteiger partial charge in [0.2, 0.25) is 17.2 Å². The molecule has 1 aromatic heterocycles. The number of halogens is 1. The van der Waals surface area contributed by atoms with Gasteiger partial charge in [0.25, 0.3) is 0 Å². The second-order valence-corrected chi connectivity index (χ2v) is 5.43. The van der Waals surface area contributed by atoms with Crippen LogP contribution in [-0.4, -0.2) is 40.6 Å². The highest BCUT2D eigenvalue weighted by molar-refractivity contribution is 6.28. The van der Waals surface area contributed by atoms with Crippen LogP contribution in [-0.2, 0) is 0 Å². The largest absolute Gasteiger partial charge is 0.341 e. The van der Waals surface area contributed by atoms with Crippen LogP contribution in [0.25, 0.3) is 0 Å². The number of hydrogen-bond donors (Lipinski definition) is 0. The molecule has 0 saturated carbocycles. The average Bonchev–Trinajstić information content (AvgIpc) is 2.92. The molecule has 0 bridgehead atoms. The summed E-state index contributed by atoms with van der Waals surface area (Å²) in [5.74, 6) is 1.19. The summed E-state index contributed by atoms with van der Waals surface area (Å²) in [7, 11) is 0. The molecular formula is C13H19ClN6. The molecule has 1 aliphatic heterocycles. The van der Waals surface area contributed by atoms with E-state index in [1.54, 1.807) is 0 Å². The van der Waals surface area contributed by atoms with Gasteiger partial charge in [0.1, 0.15) is 0 Å². The van der Waals surface area contributed by atoms with E-state index >= 15 is 0 Å². The van der Waals surface area contributed by atoms with Gasteiger partial charge >= 0.3 is 0 Å². The third-order valence-electron chi connectivity index (χ3n) is 3.32. The van der Waals surface area contributed by atoms with Gasteiger partial charge in [-0.25, -0.2) is 0 Å². The summed E-state index contributed by atoms with van der Waals surface area (Å²) < 4.78 is 0. The van der Waals surface area contributed by atoms with E-state index in [0.717, 1.165) is 25.9 Å². The second kappa shape index (κ2) is 6.71. The van der Waals surface area contributed by atoms with E-state index in [-0.39, 0.29) is 11.3 Å². The van der Waals surface area contributed by atoms with Crippen LogP contribution < -0.4 is 9.80 Å². The third kappa shape index (κ3) is 3.48. The molecule has 0 aromatic carbocycles. The molecule has 0 spiro atoms. The first kappa shape index (κ1) is 14.8. The Kier molecular flexibility index (Phi) is 4.96. The topological polar surface area (TPSA) is 68.9 Å². The van der Waals surface area contributed by atoms with Crippen LogP contribution in [0.2, 0.25) is 5.28 Å². The van der Waals surface area contributed by atoms with Gasteiger partial charge in [0.15, 0.2) is 0 Å². The molecular weight excluding hydrogens is 276 g/mol. The molecule has 1 aliphatic rings. The fourth-order valence-electron chi connectivity index (χ4n) is 2.28. The van der Waals surface area contributed by atoms with Crippen LogP contribution >= 0.6 is 11.6 Å². The molecule has 0 atom stereocenters. The maximum Gasteiger partial charge on any atom is 0.231 e. The van der Waals surface area contributed by atoms with Gasteiger partial charge < -0.3 is 9.80 Å². The molecule has 0 radical (unpaired) electrons. The second-order valence-electron chi connectivity index (χ2n) is 5.09. The first-order chi connectivity index (χ1) is 9.61. The van der Waals surface area contributed by atoms with Crippen LogP contribution in [0.15, 0.2) is 0 Å². The van der Waals surface area contributed by atoms with Crippen LogP contribution in [0, 0.1) is 11.3 Å². The Hall–Kier alpha value is -1.61. The summed E-state index contributed by atoms with van der Waals surface area (Å²) in [6.07, 6.45) is 2.74. The van der Waals surface area contributed by atoms with E-state index < -0.39 is 0 Å². The van der Waals surface area contributed by atoms with Gasteiger partial charge in [-0.05, 0) is 38.3 Å². The lowest BCUT2D eigenvalue weighted by molar-refractivity contribution is 0.661. The smallest absolute Gasteiger partial charge is 0.231 e. The lowest BCUT2D eigenvalue weighted by Crippen LogP contribution is -2.34. The predicted octanol–water partition coefficient (Wildman–Crippen LogP) is 2.25. The number of rotatable bonds is 5. The van der Waals surface area contributed by atoms with Crippen LogP contribution in [0.1, 0.15) is 33.1 Å². The number of aromatic nitrogens is 3. The predicted molar refractivity (Wildman–Crippen MR) is 79.0 cm³/mol. The summed E-state index contributed by atoms with van der Waals surface area (Å²) in [4.78, 5) is 17.1. The SMILES string of the molecule is CC(C)N(CCC#N)c1nc(Cl)nc(N2CCCC2)n1. The van der Waals surface area contributed by atoms with Gasteiger partial charge in [-0.3, -0.25) is 0 Å². The van der Waals surface area contributed by atoms with Crippen LogP contribution in [0.4, 0.5) is 11.9 Å². The molecule has 6 nitrogen and oxygen atoms in total. The van der Waals surface area contributed by atoms with Gasteiger partial charge in [-0.1, -0.05) is 0 Å². The van der Waals surface area contributed by atoms with Gasteiger partial charge in [-0.2, -0.15) is 20.2 Å². The van der Waals surface area contributed by atoms with E-state index in [4.69, 9.17) is 16.9 Å². The number of nitriles is 1. The highest BCUT2D eigenvalue weighted by Crippen LogP contribution is 2.21. The number of anilines is 2. The summed E-state index contributed by atoms with van der Waals surface area (Å²) in [6, 6.07) is 2.35. The molecule has 0 N–H and O–H groups in total. The molecule has 108 valence electrons. The summed E-state index contributed by atoms with van der Waals surface area (Å²) >= 11 is 6.03.